The molecule has 3 aromatic rings. The average Bonchev–Trinajstić information content (AvgIpc) is 3.10. The molecule has 1 aromatic carbocycles. The molecular weight excluding hydrogens is 282 g/mol. The van der Waals surface area contributed by atoms with Crippen LogP contribution in [0.3, 0.4) is 0 Å². The first kappa shape index (κ1) is 12.8. The first-order chi connectivity index (χ1) is 10.0. The summed E-state index contributed by atoms with van der Waals surface area (Å²) in [6.07, 6.45) is 1.08. The van der Waals surface area contributed by atoms with Gasteiger partial charge in [0.1, 0.15) is 5.01 Å². The summed E-state index contributed by atoms with van der Waals surface area (Å²) in [5, 5.41) is 17.6. The molecule has 0 saturated heterocycles. The fourth-order valence-corrected chi connectivity index (χ4v) is 3.47. The largest absolute Gasteiger partial charge is 0.384 e. The van der Waals surface area contributed by atoms with Gasteiger partial charge in [-0.15, -0.1) is 10.2 Å². The van der Waals surface area contributed by atoms with Crippen LogP contribution in [0, 0.1) is 0 Å². The molecular formula is C15H17N5S. The van der Waals surface area contributed by atoms with Crippen LogP contribution in [0.2, 0.25) is 0 Å². The van der Waals surface area contributed by atoms with Crippen LogP contribution in [-0.4, -0.2) is 26.4 Å². The summed E-state index contributed by atoms with van der Waals surface area (Å²) in [5.41, 5.74) is 3.71. The highest BCUT2D eigenvalue weighted by molar-refractivity contribution is 7.19. The van der Waals surface area contributed by atoms with E-state index in [1.807, 2.05) is 4.52 Å². The average molecular weight is 299 g/mol. The van der Waals surface area contributed by atoms with Gasteiger partial charge in [-0.1, -0.05) is 32.1 Å². The van der Waals surface area contributed by atoms with Crippen molar-refractivity contribution < 1.29 is 0 Å². The molecule has 0 spiro atoms. The Kier molecular flexibility index (Phi) is 2.60. The van der Waals surface area contributed by atoms with Gasteiger partial charge in [0.25, 0.3) is 0 Å². The van der Waals surface area contributed by atoms with Crippen molar-refractivity contribution in [2.24, 2.45) is 0 Å². The summed E-state index contributed by atoms with van der Waals surface area (Å²) in [6, 6.07) is 6.50. The SMILES string of the molecule is CC(C)(C)c1nnc2sc(-c3ccc4c(c3)CCN4)nn12. The number of aromatic nitrogens is 4. The summed E-state index contributed by atoms with van der Waals surface area (Å²) >= 11 is 1.59. The minimum Gasteiger partial charge on any atom is -0.384 e. The van der Waals surface area contributed by atoms with Crippen LogP contribution in [0.5, 0.6) is 0 Å². The van der Waals surface area contributed by atoms with Crippen LogP contribution in [0.25, 0.3) is 15.5 Å². The second-order valence-electron chi connectivity index (χ2n) is 6.42. The first-order valence-corrected chi connectivity index (χ1v) is 7.94. The normalized spacial score (nSPS) is 14.4. The van der Waals surface area contributed by atoms with Gasteiger partial charge in [-0.05, 0) is 30.2 Å². The molecule has 2 aromatic heterocycles. The van der Waals surface area contributed by atoms with E-state index in [0.29, 0.717) is 0 Å². The number of anilines is 1. The summed E-state index contributed by atoms with van der Waals surface area (Å²) in [6.45, 7) is 7.41. The minimum atomic E-state index is -0.0629. The number of fused-ring (bicyclic) bond motifs is 2. The number of nitrogens with zero attached hydrogens (tertiary/aromatic N) is 4. The Bertz CT molecular complexity index is 824. The topological polar surface area (TPSA) is 55.1 Å². The third-order valence-corrected chi connectivity index (χ3v) is 4.67. The van der Waals surface area contributed by atoms with Crippen molar-refractivity contribution in [3.05, 3.63) is 29.6 Å². The maximum atomic E-state index is 4.72. The Morgan fingerprint density at radius 2 is 2.10 bits per heavy atom. The highest BCUT2D eigenvalue weighted by Crippen LogP contribution is 2.32. The van der Waals surface area contributed by atoms with E-state index in [1.165, 1.54) is 11.3 Å². The molecule has 0 saturated carbocycles. The Balaban J connectivity index is 1.82. The summed E-state index contributed by atoms with van der Waals surface area (Å²) in [7, 11) is 0. The fourth-order valence-electron chi connectivity index (χ4n) is 2.64. The van der Waals surface area contributed by atoms with E-state index < -0.39 is 0 Å². The Hall–Kier alpha value is -1.95. The highest BCUT2D eigenvalue weighted by atomic mass is 32.1. The summed E-state index contributed by atoms with van der Waals surface area (Å²) in [4.78, 5) is 0.855. The van der Waals surface area contributed by atoms with Crippen molar-refractivity contribution in [1.82, 2.24) is 19.8 Å². The third-order valence-electron chi connectivity index (χ3n) is 3.72. The zero-order valence-electron chi connectivity index (χ0n) is 12.3. The predicted octanol–water partition coefficient (Wildman–Crippen LogP) is 3.12. The number of hydrogen-bond donors (Lipinski definition) is 1. The lowest BCUT2D eigenvalue weighted by atomic mass is 9.96. The molecule has 0 aliphatic carbocycles. The Morgan fingerprint density at radius 1 is 1.24 bits per heavy atom. The van der Waals surface area contributed by atoms with Crippen LogP contribution in [0.1, 0.15) is 32.2 Å². The lowest BCUT2D eigenvalue weighted by Gasteiger charge is -2.13. The molecule has 0 unspecified atom stereocenters. The quantitative estimate of drug-likeness (QED) is 0.750. The van der Waals surface area contributed by atoms with E-state index in [2.05, 4.69) is 54.5 Å². The van der Waals surface area contributed by atoms with E-state index in [4.69, 9.17) is 5.10 Å². The molecule has 0 fully saturated rings. The van der Waals surface area contributed by atoms with Crippen LogP contribution < -0.4 is 5.32 Å². The standard InChI is InChI=1S/C15H17N5S/c1-15(2,3)13-17-18-14-20(13)19-12(21-14)10-4-5-11-9(8-10)6-7-16-11/h4-5,8,16H,6-7H2,1-3H3. The second kappa shape index (κ2) is 4.27. The molecule has 0 amide bonds. The first-order valence-electron chi connectivity index (χ1n) is 7.12. The number of nitrogens with one attached hydrogen (secondary N) is 1. The molecule has 4 rings (SSSR count). The molecule has 3 heterocycles. The van der Waals surface area contributed by atoms with E-state index in [1.54, 1.807) is 11.3 Å². The predicted molar refractivity (Wildman–Crippen MR) is 85.0 cm³/mol. The summed E-state index contributed by atoms with van der Waals surface area (Å²) < 4.78 is 1.88. The van der Waals surface area contributed by atoms with Gasteiger partial charge in [0.15, 0.2) is 5.82 Å². The third kappa shape index (κ3) is 2.01. The fraction of sp³-hybridized carbons (Fsp3) is 0.400. The molecule has 1 N–H and O–H groups in total. The van der Waals surface area contributed by atoms with Crippen molar-refractivity contribution >= 4 is 22.0 Å². The highest BCUT2D eigenvalue weighted by Gasteiger charge is 2.23. The van der Waals surface area contributed by atoms with Gasteiger partial charge < -0.3 is 5.32 Å². The van der Waals surface area contributed by atoms with Crippen LogP contribution in [0.15, 0.2) is 18.2 Å². The monoisotopic (exact) mass is 299 g/mol. The number of rotatable bonds is 1. The zero-order valence-corrected chi connectivity index (χ0v) is 13.2. The van der Waals surface area contributed by atoms with Crippen molar-refractivity contribution in [2.75, 3.05) is 11.9 Å². The van der Waals surface area contributed by atoms with E-state index in [9.17, 15) is 0 Å². The number of benzene rings is 1. The molecule has 1 aliphatic heterocycles. The van der Waals surface area contributed by atoms with Crippen molar-refractivity contribution in [3.63, 3.8) is 0 Å². The second-order valence-corrected chi connectivity index (χ2v) is 7.38. The number of hydrogen-bond acceptors (Lipinski definition) is 5. The van der Waals surface area contributed by atoms with Gasteiger partial charge >= 0.3 is 0 Å². The molecule has 0 atom stereocenters. The van der Waals surface area contributed by atoms with E-state index >= 15 is 0 Å². The van der Waals surface area contributed by atoms with Gasteiger partial charge in [-0.2, -0.15) is 9.61 Å². The van der Waals surface area contributed by atoms with Gasteiger partial charge in [0.05, 0.1) is 0 Å². The Morgan fingerprint density at radius 3 is 2.90 bits per heavy atom. The van der Waals surface area contributed by atoms with Gasteiger partial charge in [-0.3, -0.25) is 0 Å². The van der Waals surface area contributed by atoms with Crippen molar-refractivity contribution in [1.29, 1.82) is 0 Å². The molecule has 0 radical (unpaired) electrons. The van der Waals surface area contributed by atoms with Crippen LogP contribution in [0.4, 0.5) is 5.69 Å². The smallest absolute Gasteiger partial charge is 0.235 e. The molecule has 21 heavy (non-hydrogen) atoms. The van der Waals surface area contributed by atoms with Crippen molar-refractivity contribution in [3.8, 4) is 10.6 Å². The van der Waals surface area contributed by atoms with Crippen LogP contribution >= 0.6 is 11.3 Å². The van der Waals surface area contributed by atoms with Gasteiger partial charge in [0, 0.05) is 23.2 Å². The maximum absolute atomic E-state index is 4.72. The molecule has 0 bridgehead atoms. The molecule has 6 heteroatoms. The maximum Gasteiger partial charge on any atom is 0.235 e. The van der Waals surface area contributed by atoms with E-state index in [0.717, 1.165) is 34.3 Å². The summed E-state index contributed by atoms with van der Waals surface area (Å²) in [5.74, 6) is 0.905. The van der Waals surface area contributed by atoms with Crippen LogP contribution in [-0.2, 0) is 11.8 Å². The lowest BCUT2D eigenvalue weighted by Crippen LogP contribution is -2.16. The molecule has 108 valence electrons. The Labute approximate surface area is 127 Å². The minimum absolute atomic E-state index is 0.0629. The molecule has 5 nitrogen and oxygen atoms in total. The lowest BCUT2D eigenvalue weighted by molar-refractivity contribution is 0.528. The van der Waals surface area contributed by atoms with Crippen molar-refractivity contribution in [2.45, 2.75) is 32.6 Å². The zero-order chi connectivity index (χ0) is 14.6. The van der Waals surface area contributed by atoms with Gasteiger partial charge in [-0.25, -0.2) is 0 Å². The molecule has 1 aliphatic rings. The van der Waals surface area contributed by atoms with E-state index in [-0.39, 0.29) is 5.41 Å². The van der Waals surface area contributed by atoms with Gasteiger partial charge in [0.2, 0.25) is 4.96 Å².